The summed E-state index contributed by atoms with van der Waals surface area (Å²) in [5, 5.41) is 13.5. The number of carbonyl (C=O) groups excluding carboxylic acids is 1. The molecule has 1 aliphatic rings. The molecule has 1 fully saturated rings. The van der Waals surface area contributed by atoms with E-state index in [1.807, 2.05) is 6.92 Å². The Balaban J connectivity index is 1.81. The quantitative estimate of drug-likeness (QED) is 0.809. The third-order valence-corrected chi connectivity index (χ3v) is 2.99. The molecule has 1 aromatic rings. The van der Waals surface area contributed by atoms with E-state index in [0.29, 0.717) is 11.5 Å². The number of ether oxygens (including phenoxy) is 1. The Kier molecular flexibility index (Phi) is 4.09. The topological polar surface area (TPSA) is 76.1 Å². The minimum absolute atomic E-state index is 0.176. The molecule has 0 bridgehead atoms. The summed E-state index contributed by atoms with van der Waals surface area (Å²) in [4.78, 5) is 11.8. The molecule has 98 valence electrons. The van der Waals surface area contributed by atoms with Crippen molar-refractivity contribution in [3.05, 3.63) is 17.8 Å². The van der Waals surface area contributed by atoms with E-state index in [2.05, 4.69) is 20.8 Å². The van der Waals surface area contributed by atoms with Gasteiger partial charge in [-0.2, -0.15) is 0 Å². The molecular formula is C12H18N4O2. The van der Waals surface area contributed by atoms with Crippen molar-refractivity contribution in [1.82, 2.24) is 15.5 Å². The molecule has 18 heavy (non-hydrogen) atoms. The largest absolute Gasteiger partial charge is 0.378 e. The first kappa shape index (κ1) is 12.8. The minimum Gasteiger partial charge on any atom is -0.378 e. The molecule has 6 heteroatoms. The van der Waals surface area contributed by atoms with Crippen LogP contribution < -0.4 is 10.6 Å². The van der Waals surface area contributed by atoms with Crippen molar-refractivity contribution in [1.29, 1.82) is 0 Å². The number of nitrogens with zero attached hydrogens (tertiary/aromatic N) is 2. The van der Waals surface area contributed by atoms with Gasteiger partial charge in [0, 0.05) is 19.7 Å². The van der Waals surface area contributed by atoms with Crippen LogP contribution in [0.1, 0.15) is 30.3 Å². The number of carbonyl (C=O) groups is 1. The molecule has 1 heterocycles. The molecule has 0 aliphatic heterocycles. The Labute approximate surface area is 106 Å². The summed E-state index contributed by atoms with van der Waals surface area (Å²) in [5.41, 5.74) is 0.342. The summed E-state index contributed by atoms with van der Waals surface area (Å²) in [6.45, 7) is 2.70. The second kappa shape index (κ2) is 5.77. The van der Waals surface area contributed by atoms with Gasteiger partial charge in [-0.15, -0.1) is 10.2 Å². The fraction of sp³-hybridized carbons (Fsp3) is 0.583. The van der Waals surface area contributed by atoms with Gasteiger partial charge in [-0.1, -0.05) is 0 Å². The van der Waals surface area contributed by atoms with E-state index in [9.17, 15) is 4.79 Å². The summed E-state index contributed by atoms with van der Waals surface area (Å²) in [7, 11) is 1.76. The summed E-state index contributed by atoms with van der Waals surface area (Å²) >= 11 is 0. The predicted molar refractivity (Wildman–Crippen MR) is 67.5 cm³/mol. The Morgan fingerprint density at radius 2 is 2.22 bits per heavy atom. The fourth-order valence-corrected chi connectivity index (χ4v) is 1.90. The zero-order chi connectivity index (χ0) is 13.0. The number of hydrogen-bond donors (Lipinski definition) is 2. The zero-order valence-electron chi connectivity index (χ0n) is 10.6. The van der Waals surface area contributed by atoms with Crippen molar-refractivity contribution in [2.24, 2.45) is 0 Å². The van der Waals surface area contributed by atoms with Gasteiger partial charge >= 0.3 is 0 Å². The van der Waals surface area contributed by atoms with Crippen molar-refractivity contribution < 1.29 is 9.53 Å². The van der Waals surface area contributed by atoms with Crippen molar-refractivity contribution in [3.63, 3.8) is 0 Å². The summed E-state index contributed by atoms with van der Waals surface area (Å²) in [6.07, 6.45) is 2.04. The van der Waals surface area contributed by atoms with Crippen LogP contribution in [0, 0.1) is 0 Å². The van der Waals surface area contributed by atoms with Gasteiger partial charge < -0.3 is 15.4 Å². The molecule has 1 saturated carbocycles. The Hall–Kier alpha value is -1.69. The van der Waals surface area contributed by atoms with E-state index in [-0.39, 0.29) is 18.1 Å². The molecule has 6 nitrogen and oxygen atoms in total. The van der Waals surface area contributed by atoms with Crippen LogP contribution >= 0.6 is 0 Å². The van der Waals surface area contributed by atoms with Crippen LogP contribution in [0.15, 0.2) is 12.1 Å². The summed E-state index contributed by atoms with van der Waals surface area (Å²) < 4.78 is 5.44. The van der Waals surface area contributed by atoms with E-state index in [1.54, 1.807) is 19.2 Å². The average Bonchev–Trinajstić information content (AvgIpc) is 2.36. The number of hydrogen-bond acceptors (Lipinski definition) is 5. The highest BCUT2D eigenvalue weighted by Crippen LogP contribution is 2.23. The van der Waals surface area contributed by atoms with Gasteiger partial charge in [-0.3, -0.25) is 4.79 Å². The van der Waals surface area contributed by atoms with Gasteiger partial charge in [0.1, 0.15) is 5.82 Å². The highest BCUT2D eigenvalue weighted by molar-refractivity contribution is 5.92. The number of amides is 1. The third kappa shape index (κ3) is 2.95. The van der Waals surface area contributed by atoms with Crippen LogP contribution in [-0.4, -0.2) is 41.9 Å². The first-order valence-electron chi connectivity index (χ1n) is 6.17. The lowest BCUT2D eigenvalue weighted by Crippen LogP contribution is -2.48. The van der Waals surface area contributed by atoms with Crippen molar-refractivity contribution in [2.45, 2.75) is 31.9 Å². The molecule has 1 aliphatic carbocycles. The van der Waals surface area contributed by atoms with Crippen LogP contribution in [0.2, 0.25) is 0 Å². The van der Waals surface area contributed by atoms with Crippen LogP contribution in [0.3, 0.4) is 0 Å². The Bertz CT molecular complexity index is 401. The highest BCUT2D eigenvalue weighted by Gasteiger charge is 2.31. The van der Waals surface area contributed by atoms with E-state index < -0.39 is 0 Å². The highest BCUT2D eigenvalue weighted by atomic mass is 16.5. The van der Waals surface area contributed by atoms with E-state index >= 15 is 0 Å². The lowest BCUT2D eigenvalue weighted by molar-refractivity contribution is -0.00867. The van der Waals surface area contributed by atoms with Gasteiger partial charge in [0.05, 0.1) is 6.10 Å². The van der Waals surface area contributed by atoms with E-state index in [4.69, 9.17) is 4.74 Å². The molecule has 0 unspecified atom stereocenters. The van der Waals surface area contributed by atoms with Gasteiger partial charge in [0.2, 0.25) is 0 Å². The number of nitrogens with one attached hydrogen (secondary N) is 2. The normalized spacial score (nSPS) is 22.1. The minimum atomic E-state index is -0.176. The van der Waals surface area contributed by atoms with Gasteiger partial charge in [-0.25, -0.2) is 0 Å². The lowest BCUT2D eigenvalue weighted by atomic mass is 9.89. The first-order chi connectivity index (χ1) is 8.72. The SMILES string of the molecule is CCOC1CC(NC(=O)c2ccc(NC)nn2)C1. The fourth-order valence-electron chi connectivity index (χ4n) is 1.90. The first-order valence-corrected chi connectivity index (χ1v) is 6.17. The molecular weight excluding hydrogens is 232 g/mol. The molecule has 0 atom stereocenters. The molecule has 1 aromatic heterocycles. The monoisotopic (exact) mass is 250 g/mol. The Morgan fingerprint density at radius 3 is 2.78 bits per heavy atom. The number of anilines is 1. The molecule has 0 aromatic carbocycles. The molecule has 2 rings (SSSR count). The van der Waals surface area contributed by atoms with Crippen molar-refractivity contribution in [3.8, 4) is 0 Å². The van der Waals surface area contributed by atoms with Crippen LogP contribution in [0.4, 0.5) is 5.82 Å². The van der Waals surface area contributed by atoms with E-state index in [1.165, 1.54) is 0 Å². The van der Waals surface area contributed by atoms with Crippen LogP contribution in [0.25, 0.3) is 0 Å². The molecule has 0 spiro atoms. The molecule has 0 radical (unpaired) electrons. The zero-order valence-corrected chi connectivity index (χ0v) is 10.6. The standard InChI is InChI=1S/C12H18N4O2/c1-3-18-9-6-8(7-9)14-12(17)10-4-5-11(13-2)16-15-10/h4-5,8-9H,3,6-7H2,1-2H3,(H,13,16)(H,14,17). The van der Waals surface area contributed by atoms with Gasteiger partial charge in [-0.05, 0) is 31.9 Å². The maximum atomic E-state index is 11.8. The smallest absolute Gasteiger partial charge is 0.272 e. The predicted octanol–water partition coefficient (Wildman–Crippen LogP) is 0.816. The maximum absolute atomic E-state index is 11.8. The van der Waals surface area contributed by atoms with Crippen LogP contribution in [0.5, 0.6) is 0 Å². The maximum Gasteiger partial charge on any atom is 0.272 e. The van der Waals surface area contributed by atoms with Crippen molar-refractivity contribution >= 4 is 11.7 Å². The van der Waals surface area contributed by atoms with Gasteiger partial charge in [0.25, 0.3) is 5.91 Å². The Morgan fingerprint density at radius 1 is 1.44 bits per heavy atom. The van der Waals surface area contributed by atoms with Crippen LogP contribution in [-0.2, 0) is 4.74 Å². The van der Waals surface area contributed by atoms with E-state index in [0.717, 1.165) is 19.4 Å². The molecule has 1 amide bonds. The summed E-state index contributed by atoms with van der Waals surface area (Å²) in [6, 6.07) is 3.58. The number of rotatable bonds is 5. The second-order valence-electron chi connectivity index (χ2n) is 4.27. The average molecular weight is 250 g/mol. The lowest BCUT2D eigenvalue weighted by Gasteiger charge is -2.35. The third-order valence-electron chi connectivity index (χ3n) is 2.99. The molecule has 0 saturated heterocycles. The summed E-state index contributed by atoms with van der Waals surface area (Å²) in [5.74, 6) is 0.469. The second-order valence-corrected chi connectivity index (χ2v) is 4.27. The molecule has 2 N–H and O–H groups in total. The van der Waals surface area contributed by atoms with Crippen molar-refractivity contribution in [2.75, 3.05) is 19.0 Å². The number of aromatic nitrogens is 2. The van der Waals surface area contributed by atoms with Gasteiger partial charge in [0.15, 0.2) is 5.69 Å².